The molecule has 0 unspecified atom stereocenters. The van der Waals surface area contributed by atoms with Crippen LogP contribution in [0.2, 0.25) is 0 Å². The Morgan fingerprint density at radius 2 is 2.22 bits per heavy atom. The summed E-state index contributed by atoms with van der Waals surface area (Å²) in [5.41, 5.74) is 2.22. The number of para-hydroxylation sites is 1. The van der Waals surface area contributed by atoms with Crippen molar-refractivity contribution < 1.29 is 4.74 Å². The largest absolute Gasteiger partial charge is 0.481 e. The molecule has 2 N–H and O–H groups in total. The topological polar surface area (TPSA) is 49.9 Å². The Hall–Kier alpha value is -2.25. The van der Waals surface area contributed by atoms with Crippen molar-refractivity contribution in [3.05, 3.63) is 47.8 Å². The Labute approximate surface area is 106 Å². The average Bonchev–Trinajstić information content (AvgIpc) is 2.91. The predicted octanol–water partition coefficient (Wildman–Crippen LogP) is 1.71. The van der Waals surface area contributed by atoms with Crippen molar-refractivity contribution in [2.75, 3.05) is 6.61 Å². The Kier molecular flexibility index (Phi) is 4.39. The average molecular weight is 241 g/mol. The molecule has 0 aliphatic rings. The van der Waals surface area contributed by atoms with Crippen LogP contribution < -0.4 is 10.1 Å². The molecule has 1 heterocycles. The third-order valence-electron chi connectivity index (χ3n) is 2.48. The normalized spacial score (nSPS) is 9.94. The first-order chi connectivity index (χ1) is 8.90. The van der Waals surface area contributed by atoms with Crippen molar-refractivity contribution in [3.8, 4) is 18.1 Å². The molecule has 1 aromatic carbocycles. The highest BCUT2D eigenvalue weighted by atomic mass is 16.5. The predicted molar refractivity (Wildman–Crippen MR) is 69.9 cm³/mol. The van der Waals surface area contributed by atoms with Gasteiger partial charge in [0.1, 0.15) is 12.4 Å². The Balaban J connectivity index is 1.90. The minimum Gasteiger partial charge on any atom is -0.481 e. The van der Waals surface area contributed by atoms with E-state index >= 15 is 0 Å². The summed E-state index contributed by atoms with van der Waals surface area (Å²) in [4.78, 5) is 0. The summed E-state index contributed by atoms with van der Waals surface area (Å²) in [5.74, 6) is 3.30. The number of aromatic amines is 1. The van der Waals surface area contributed by atoms with E-state index in [4.69, 9.17) is 11.2 Å². The van der Waals surface area contributed by atoms with Crippen LogP contribution in [0, 0.1) is 12.3 Å². The van der Waals surface area contributed by atoms with Crippen LogP contribution >= 0.6 is 0 Å². The molecular formula is C14H15N3O. The third kappa shape index (κ3) is 3.37. The molecule has 2 aromatic rings. The minimum absolute atomic E-state index is 0.290. The van der Waals surface area contributed by atoms with Crippen molar-refractivity contribution in [1.82, 2.24) is 15.5 Å². The number of benzene rings is 1. The molecule has 0 spiro atoms. The summed E-state index contributed by atoms with van der Waals surface area (Å²) in [5, 5.41) is 10.0. The van der Waals surface area contributed by atoms with Crippen molar-refractivity contribution in [1.29, 1.82) is 0 Å². The van der Waals surface area contributed by atoms with Crippen LogP contribution in [-0.4, -0.2) is 16.8 Å². The van der Waals surface area contributed by atoms with Gasteiger partial charge >= 0.3 is 0 Å². The van der Waals surface area contributed by atoms with Crippen molar-refractivity contribution in [2.45, 2.75) is 13.1 Å². The molecule has 4 nitrogen and oxygen atoms in total. The number of hydrogen-bond donors (Lipinski definition) is 2. The van der Waals surface area contributed by atoms with Gasteiger partial charge in [-0.1, -0.05) is 24.1 Å². The van der Waals surface area contributed by atoms with E-state index in [1.54, 1.807) is 6.20 Å². The van der Waals surface area contributed by atoms with Gasteiger partial charge in [-0.05, 0) is 6.07 Å². The summed E-state index contributed by atoms with van der Waals surface area (Å²) in [6, 6.07) is 7.86. The highest BCUT2D eigenvalue weighted by Crippen LogP contribution is 2.17. The SMILES string of the molecule is C#CCOc1ccccc1CNCc1cn[nH]c1. The lowest BCUT2D eigenvalue weighted by atomic mass is 10.2. The van der Waals surface area contributed by atoms with Crippen LogP contribution in [-0.2, 0) is 13.1 Å². The first kappa shape index (κ1) is 12.2. The lowest BCUT2D eigenvalue weighted by Gasteiger charge is -2.10. The molecule has 0 saturated heterocycles. The standard InChI is InChI=1S/C14H15N3O/c1-2-7-18-14-6-4-3-5-13(14)11-15-8-12-9-16-17-10-12/h1,3-6,9-10,15H,7-8,11H2,(H,16,17). The highest BCUT2D eigenvalue weighted by Gasteiger charge is 2.02. The molecule has 0 fully saturated rings. The number of terminal acetylenes is 1. The molecule has 92 valence electrons. The maximum absolute atomic E-state index is 5.48. The zero-order valence-corrected chi connectivity index (χ0v) is 10.0. The molecule has 4 heteroatoms. The van der Waals surface area contributed by atoms with Gasteiger partial charge in [0.25, 0.3) is 0 Å². The second-order valence-corrected chi connectivity index (χ2v) is 3.81. The zero-order valence-electron chi connectivity index (χ0n) is 10.0. The number of rotatable bonds is 6. The second kappa shape index (κ2) is 6.48. The Morgan fingerprint density at radius 1 is 1.33 bits per heavy atom. The molecule has 0 amide bonds. The van der Waals surface area contributed by atoms with Gasteiger partial charge in [-0.2, -0.15) is 5.10 Å². The first-order valence-corrected chi connectivity index (χ1v) is 5.72. The number of hydrogen-bond acceptors (Lipinski definition) is 3. The highest BCUT2D eigenvalue weighted by molar-refractivity contribution is 5.33. The lowest BCUT2D eigenvalue weighted by Crippen LogP contribution is -2.13. The van der Waals surface area contributed by atoms with E-state index in [-0.39, 0.29) is 0 Å². The van der Waals surface area contributed by atoms with E-state index in [0.717, 1.165) is 30.0 Å². The van der Waals surface area contributed by atoms with Crippen LogP contribution in [0.5, 0.6) is 5.75 Å². The van der Waals surface area contributed by atoms with E-state index in [2.05, 4.69) is 21.4 Å². The number of nitrogens with one attached hydrogen (secondary N) is 2. The summed E-state index contributed by atoms with van der Waals surface area (Å²) in [6.45, 7) is 1.78. The fourth-order valence-electron chi connectivity index (χ4n) is 1.63. The maximum atomic E-state index is 5.48. The van der Waals surface area contributed by atoms with E-state index < -0.39 is 0 Å². The molecule has 0 saturated carbocycles. The van der Waals surface area contributed by atoms with Crippen LogP contribution in [0.25, 0.3) is 0 Å². The van der Waals surface area contributed by atoms with E-state index in [9.17, 15) is 0 Å². The monoisotopic (exact) mass is 241 g/mol. The number of aromatic nitrogens is 2. The van der Waals surface area contributed by atoms with Crippen LogP contribution in [0.1, 0.15) is 11.1 Å². The molecule has 0 aliphatic heterocycles. The van der Waals surface area contributed by atoms with Crippen LogP contribution in [0.3, 0.4) is 0 Å². The molecule has 2 rings (SSSR count). The van der Waals surface area contributed by atoms with Gasteiger partial charge in [0.15, 0.2) is 0 Å². The van der Waals surface area contributed by atoms with Gasteiger partial charge in [-0.3, -0.25) is 5.10 Å². The van der Waals surface area contributed by atoms with Crippen molar-refractivity contribution in [3.63, 3.8) is 0 Å². The summed E-state index contributed by atoms with van der Waals surface area (Å²) in [6.07, 6.45) is 8.86. The van der Waals surface area contributed by atoms with Crippen LogP contribution in [0.15, 0.2) is 36.7 Å². The quantitative estimate of drug-likeness (QED) is 0.757. The molecule has 0 atom stereocenters. The van der Waals surface area contributed by atoms with Gasteiger partial charge in [0, 0.05) is 30.4 Å². The molecule has 0 bridgehead atoms. The van der Waals surface area contributed by atoms with Gasteiger partial charge in [-0.25, -0.2) is 0 Å². The number of ether oxygens (including phenoxy) is 1. The van der Waals surface area contributed by atoms with E-state index in [1.165, 1.54) is 0 Å². The minimum atomic E-state index is 0.290. The van der Waals surface area contributed by atoms with Gasteiger partial charge in [0.05, 0.1) is 6.20 Å². The summed E-state index contributed by atoms with van der Waals surface area (Å²) in [7, 11) is 0. The van der Waals surface area contributed by atoms with E-state index in [0.29, 0.717) is 6.61 Å². The second-order valence-electron chi connectivity index (χ2n) is 3.81. The zero-order chi connectivity index (χ0) is 12.6. The summed E-state index contributed by atoms with van der Waals surface area (Å²) < 4.78 is 5.48. The Bertz CT molecular complexity index is 514. The number of nitrogens with zero attached hydrogens (tertiary/aromatic N) is 1. The third-order valence-corrected chi connectivity index (χ3v) is 2.48. The lowest BCUT2D eigenvalue weighted by molar-refractivity contribution is 0.365. The first-order valence-electron chi connectivity index (χ1n) is 5.72. The molecular weight excluding hydrogens is 226 g/mol. The van der Waals surface area contributed by atoms with Crippen molar-refractivity contribution >= 4 is 0 Å². The van der Waals surface area contributed by atoms with Gasteiger partial charge in [-0.15, -0.1) is 6.42 Å². The fourth-order valence-corrected chi connectivity index (χ4v) is 1.63. The fraction of sp³-hybridized carbons (Fsp3) is 0.214. The smallest absolute Gasteiger partial charge is 0.148 e. The molecule has 0 radical (unpaired) electrons. The van der Waals surface area contributed by atoms with E-state index in [1.807, 2.05) is 30.5 Å². The Morgan fingerprint density at radius 3 is 3.00 bits per heavy atom. The summed E-state index contributed by atoms with van der Waals surface area (Å²) >= 11 is 0. The van der Waals surface area contributed by atoms with Gasteiger partial charge < -0.3 is 10.1 Å². The van der Waals surface area contributed by atoms with Gasteiger partial charge in [0.2, 0.25) is 0 Å². The molecule has 1 aromatic heterocycles. The van der Waals surface area contributed by atoms with Crippen molar-refractivity contribution in [2.24, 2.45) is 0 Å². The molecule has 18 heavy (non-hydrogen) atoms. The number of H-pyrrole nitrogens is 1. The van der Waals surface area contributed by atoms with Crippen LogP contribution in [0.4, 0.5) is 0 Å². The maximum Gasteiger partial charge on any atom is 0.148 e. The molecule has 0 aliphatic carbocycles.